The summed E-state index contributed by atoms with van der Waals surface area (Å²) in [6.07, 6.45) is 3.46. The number of carbonyl (C=O) groups is 10. The molecule has 2 aliphatic heterocycles. The summed E-state index contributed by atoms with van der Waals surface area (Å²) in [5, 5.41) is 48.6. The zero-order valence-corrected chi connectivity index (χ0v) is 51.2. The van der Waals surface area contributed by atoms with Crippen LogP contribution in [0.2, 0.25) is 0 Å². The van der Waals surface area contributed by atoms with Gasteiger partial charge in [0, 0.05) is 62.9 Å². The van der Waals surface area contributed by atoms with Gasteiger partial charge in [0.15, 0.2) is 17.9 Å². The molecule has 2 saturated heterocycles. The van der Waals surface area contributed by atoms with E-state index in [0.29, 0.717) is 36.1 Å². The summed E-state index contributed by atoms with van der Waals surface area (Å²) in [6.45, 7) is -1.95. The molecule has 90 heavy (non-hydrogen) atoms. The lowest BCUT2D eigenvalue weighted by molar-refractivity contribution is -0.148. The number of β-amino-alcohol motifs (C(OH)–C–C–N with tert-alkyl or cyclic N) is 1. The van der Waals surface area contributed by atoms with Crippen molar-refractivity contribution < 1.29 is 63.3 Å². The number of guanidine groups is 3. The third kappa shape index (κ3) is 23.4. The Bertz CT molecular complexity index is 2830. The molecule has 0 unspecified atom stereocenters. The molecule has 33 heteroatoms. The molecular formula is C57H89N19O13S. The van der Waals surface area contributed by atoms with Crippen molar-refractivity contribution in [1.29, 1.82) is 0 Å². The lowest BCUT2D eigenvalue weighted by Gasteiger charge is -2.37. The van der Waals surface area contributed by atoms with Crippen molar-refractivity contribution in [2.75, 3.05) is 52.4 Å². The molecule has 2 aromatic rings. The average molecular weight is 1280 g/mol. The molecule has 32 nitrogen and oxygen atoms in total. The second-order valence-corrected chi connectivity index (χ2v) is 23.5. The van der Waals surface area contributed by atoms with Gasteiger partial charge in [-0.05, 0) is 81.2 Å². The first-order valence-electron chi connectivity index (χ1n) is 30.1. The molecule has 496 valence electrons. The van der Waals surface area contributed by atoms with Gasteiger partial charge < -0.3 is 102 Å². The highest BCUT2D eigenvalue weighted by Gasteiger charge is 2.46. The van der Waals surface area contributed by atoms with Gasteiger partial charge in [-0.15, -0.1) is 11.3 Å². The molecule has 3 fully saturated rings. The van der Waals surface area contributed by atoms with Gasteiger partial charge in [0.2, 0.25) is 53.2 Å². The maximum Gasteiger partial charge on any atom is 0.326 e. The quantitative estimate of drug-likeness (QED) is 0.0174. The number of amides is 9. The van der Waals surface area contributed by atoms with Crippen LogP contribution in [0, 0.1) is 0 Å². The molecule has 3 aliphatic rings. The number of aliphatic carboxylic acids is 1. The molecule has 1 aromatic heterocycles. The lowest BCUT2D eigenvalue weighted by Crippen LogP contribution is -2.60. The van der Waals surface area contributed by atoms with Crippen molar-refractivity contribution in [3.05, 3.63) is 58.3 Å². The number of hydrogen-bond donors (Lipinski definition) is 16. The molecule has 23 N–H and O–H groups in total. The van der Waals surface area contributed by atoms with Crippen LogP contribution in [-0.2, 0) is 60.8 Å². The Hall–Kier alpha value is -8.69. The maximum absolute atomic E-state index is 14.8. The molecule has 1 aromatic carbocycles. The minimum absolute atomic E-state index is 0.0190. The van der Waals surface area contributed by atoms with E-state index in [2.05, 4.69) is 46.9 Å². The van der Waals surface area contributed by atoms with Crippen LogP contribution in [0.4, 0.5) is 0 Å². The largest absolute Gasteiger partial charge is 0.480 e. The second kappa shape index (κ2) is 36.7. The number of nitrogens with two attached hydrogens (primary N) is 7. The van der Waals surface area contributed by atoms with Crippen LogP contribution in [0.5, 0.6) is 0 Å². The molecule has 9 amide bonds. The fourth-order valence-electron chi connectivity index (χ4n) is 11.0. The van der Waals surface area contributed by atoms with Crippen LogP contribution in [0.15, 0.2) is 62.8 Å². The number of nitrogens with one attached hydrogen (secondary N) is 6. The molecule has 5 rings (SSSR count). The SMILES string of the molecule is NC(N)=NCCC[C@H](NC(=O)CN(C(=O)[C@@H](Cc1ccccc1)NC(=O)[C@H](CO)NC(=O)[C@H](Cc1cccs1)NC(=O)CNC(=O)[C@@H]1C[C@@H](O)CN1C(=O)[C@@H]1CCCN1C(=O)[C@H](CCCN=C(N)N)NC(=O)[C@@H](N)CCCN=C(N)N)C1CCCCC1)C(=O)O. The number of aliphatic imine (C=N–C) groups is 3. The minimum atomic E-state index is -1.70. The van der Waals surface area contributed by atoms with E-state index in [9.17, 15) is 63.3 Å². The first-order chi connectivity index (χ1) is 42.9. The number of carboxylic acids is 1. The second-order valence-electron chi connectivity index (χ2n) is 22.4. The Labute approximate surface area is 525 Å². The fourth-order valence-corrected chi connectivity index (χ4v) is 11.7. The van der Waals surface area contributed by atoms with Crippen molar-refractivity contribution in [3.63, 3.8) is 0 Å². The third-order valence-electron chi connectivity index (χ3n) is 15.5. The van der Waals surface area contributed by atoms with Crippen LogP contribution in [0.1, 0.15) is 100 Å². The van der Waals surface area contributed by atoms with Gasteiger partial charge >= 0.3 is 5.97 Å². The summed E-state index contributed by atoms with van der Waals surface area (Å²) in [6, 6.07) is 1.19. The van der Waals surface area contributed by atoms with E-state index < -0.39 is 139 Å². The van der Waals surface area contributed by atoms with E-state index in [1.54, 1.807) is 47.8 Å². The summed E-state index contributed by atoms with van der Waals surface area (Å²) in [5.74, 6) is -8.73. The van der Waals surface area contributed by atoms with Crippen LogP contribution in [0.3, 0.4) is 0 Å². The topological polar surface area (TPSA) is 533 Å². The van der Waals surface area contributed by atoms with E-state index in [1.807, 2.05) is 0 Å². The van der Waals surface area contributed by atoms with Gasteiger partial charge in [0.1, 0.15) is 42.3 Å². The van der Waals surface area contributed by atoms with E-state index >= 15 is 0 Å². The molecule has 1 saturated carbocycles. The molecule has 3 heterocycles. The van der Waals surface area contributed by atoms with Crippen LogP contribution in [-0.4, -0.2) is 220 Å². The van der Waals surface area contributed by atoms with Gasteiger partial charge in [0.05, 0.1) is 31.8 Å². The molecule has 9 atom stereocenters. The molecule has 0 bridgehead atoms. The summed E-state index contributed by atoms with van der Waals surface area (Å²) >= 11 is 1.26. The number of carbonyl (C=O) groups excluding carboxylic acids is 9. The van der Waals surface area contributed by atoms with E-state index in [4.69, 9.17) is 40.1 Å². The Morgan fingerprint density at radius 2 is 1.22 bits per heavy atom. The fraction of sp³-hybridized carbons (Fsp3) is 0.596. The van der Waals surface area contributed by atoms with E-state index in [0.717, 1.165) is 24.2 Å². The van der Waals surface area contributed by atoms with Gasteiger partial charge in [-0.3, -0.25) is 58.1 Å². The highest BCUT2D eigenvalue weighted by molar-refractivity contribution is 7.09. The van der Waals surface area contributed by atoms with Crippen molar-refractivity contribution in [3.8, 4) is 0 Å². The number of aliphatic hydroxyl groups excluding tert-OH is 2. The summed E-state index contributed by atoms with van der Waals surface area (Å²) < 4.78 is 0. The zero-order chi connectivity index (χ0) is 65.9. The summed E-state index contributed by atoms with van der Waals surface area (Å²) in [7, 11) is 0. The number of likely N-dealkylation sites (tertiary alicyclic amines) is 2. The van der Waals surface area contributed by atoms with Crippen molar-refractivity contribution in [1.82, 2.24) is 46.6 Å². The maximum atomic E-state index is 14.8. The number of benzene rings is 1. The van der Waals surface area contributed by atoms with E-state index in [1.165, 1.54) is 21.1 Å². The Morgan fingerprint density at radius 3 is 1.82 bits per heavy atom. The molecule has 1 aliphatic carbocycles. The number of aliphatic hydroxyl groups is 2. The standard InChI is InChI=1S/C57H89N19O13S/c58-37(17-7-21-65-55(59)60)47(81)71-38(18-8-22-66-56(61)62)51(85)74-24-10-20-43(74)53(87)76-30-35(78)27-44(76)50(84)68-29-45(79)70-40(28-36-16-11-25-90-36)48(82)73-42(32-77)49(83)72-41(26-33-12-3-1-4-13-33)52(86)75(34-14-5-2-6-15-34)31-46(80)69-39(54(88)89)19-9-23-67-57(63)64/h1,3-4,11-13,16,25,34-35,37-44,77-78H,2,5-10,14-15,17-24,26-32,58H2,(H,68,84)(H,69,80)(H,70,79)(H,71,81)(H,72,83)(H,73,82)(H,88,89)(H4,59,60,65)(H4,61,62,66)(H4,63,64,67)/t35-,37+,38+,39+,40+,41-,42+,43+,44+/m1/s1. The van der Waals surface area contributed by atoms with Gasteiger partial charge in [-0.1, -0.05) is 55.7 Å². The van der Waals surface area contributed by atoms with Crippen LogP contribution < -0.4 is 72.0 Å². The third-order valence-corrected chi connectivity index (χ3v) is 16.4. The normalized spacial score (nSPS) is 18.4. The highest BCUT2D eigenvalue weighted by atomic mass is 32.1. The summed E-state index contributed by atoms with van der Waals surface area (Å²) in [5.41, 5.74) is 39.3. The van der Waals surface area contributed by atoms with Gasteiger partial charge in [0.25, 0.3) is 0 Å². The zero-order valence-electron chi connectivity index (χ0n) is 50.4. The molecule has 0 spiro atoms. The molecule has 0 radical (unpaired) electrons. The van der Waals surface area contributed by atoms with Gasteiger partial charge in [-0.25, -0.2) is 4.79 Å². The van der Waals surface area contributed by atoms with Crippen molar-refractivity contribution in [2.45, 2.75) is 163 Å². The highest BCUT2D eigenvalue weighted by Crippen LogP contribution is 2.28. The van der Waals surface area contributed by atoms with Gasteiger partial charge in [-0.2, -0.15) is 0 Å². The van der Waals surface area contributed by atoms with Crippen molar-refractivity contribution >= 4 is 88.3 Å². The Balaban J connectivity index is 1.26. The van der Waals surface area contributed by atoms with E-state index in [-0.39, 0.29) is 108 Å². The average Bonchev–Trinajstić information content (AvgIpc) is 1.62. The Kier molecular flexibility index (Phi) is 29.4. The predicted octanol–water partition coefficient (Wildman–Crippen LogP) is -5.25. The summed E-state index contributed by atoms with van der Waals surface area (Å²) in [4.78, 5) is 155. The lowest BCUT2D eigenvalue weighted by atomic mass is 9.93. The molecular weight excluding hydrogens is 1190 g/mol. The van der Waals surface area contributed by atoms with Crippen LogP contribution >= 0.6 is 11.3 Å². The van der Waals surface area contributed by atoms with Crippen molar-refractivity contribution in [2.24, 2.45) is 55.1 Å². The number of carboxylic acid groups (broad SMARTS) is 1. The predicted molar refractivity (Wildman–Crippen MR) is 333 cm³/mol. The first-order valence-corrected chi connectivity index (χ1v) is 31.0. The number of rotatable bonds is 35. The monoisotopic (exact) mass is 1280 g/mol. The first kappa shape index (κ1) is 72.1. The number of nitrogens with zero attached hydrogens (tertiary/aromatic N) is 6. The van der Waals surface area contributed by atoms with Crippen LogP contribution in [0.25, 0.3) is 0 Å². The Morgan fingerprint density at radius 1 is 0.633 bits per heavy atom. The number of hydrogen-bond acceptors (Lipinski definition) is 17. The smallest absolute Gasteiger partial charge is 0.326 e. The number of thiophene rings is 1. The minimum Gasteiger partial charge on any atom is -0.480 e.